The van der Waals surface area contributed by atoms with Crippen LogP contribution in [0.4, 0.5) is 5.69 Å². The fourth-order valence-corrected chi connectivity index (χ4v) is 5.28. The van der Waals surface area contributed by atoms with Crippen molar-refractivity contribution in [3.63, 3.8) is 0 Å². The van der Waals surface area contributed by atoms with Gasteiger partial charge in [-0.15, -0.1) is 11.3 Å². The maximum atomic E-state index is 13.1. The van der Waals surface area contributed by atoms with Gasteiger partial charge in [-0.1, -0.05) is 42.5 Å². The van der Waals surface area contributed by atoms with E-state index in [1.807, 2.05) is 18.2 Å². The third-order valence-electron chi connectivity index (χ3n) is 4.58. The number of hydrogen-bond acceptors (Lipinski definition) is 4. The first-order valence-electron chi connectivity index (χ1n) is 8.56. The molecule has 5 nitrogen and oxygen atoms in total. The van der Waals surface area contributed by atoms with Gasteiger partial charge in [0.2, 0.25) is 0 Å². The molecule has 138 valence electrons. The first-order chi connectivity index (χ1) is 13.0. The highest BCUT2D eigenvalue weighted by molar-refractivity contribution is 7.94. The molecule has 2 heterocycles. The molecule has 0 atom stereocenters. The molecule has 1 aliphatic rings. The smallest absolute Gasteiger partial charge is 0.271 e. The van der Waals surface area contributed by atoms with Crippen LogP contribution >= 0.6 is 11.3 Å². The molecule has 0 spiro atoms. The van der Waals surface area contributed by atoms with Gasteiger partial charge in [-0.3, -0.25) is 9.52 Å². The van der Waals surface area contributed by atoms with Crippen LogP contribution in [0.15, 0.2) is 70.3 Å². The van der Waals surface area contributed by atoms with Crippen molar-refractivity contribution in [2.75, 3.05) is 11.3 Å². The van der Waals surface area contributed by atoms with Crippen molar-refractivity contribution in [3.05, 3.63) is 82.7 Å². The second-order valence-electron chi connectivity index (χ2n) is 6.33. The van der Waals surface area contributed by atoms with Crippen LogP contribution in [-0.2, 0) is 23.0 Å². The van der Waals surface area contributed by atoms with E-state index in [0.29, 0.717) is 24.3 Å². The number of thiophene rings is 1. The predicted molar refractivity (Wildman–Crippen MR) is 106 cm³/mol. The van der Waals surface area contributed by atoms with E-state index < -0.39 is 10.0 Å². The molecule has 3 aromatic rings. The van der Waals surface area contributed by atoms with Crippen LogP contribution in [0, 0.1) is 0 Å². The van der Waals surface area contributed by atoms with Crippen molar-refractivity contribution in [1.82, 2.24) is 4.90 Å². The van der Waals surface area contributed by atoms with Gasteiger partial charge in [0.05, 0.1) is 11.3 Å². The molecular formula is C20H18N2O3S2. The molecule has 1 N–H and O–H groups in total. The first kappa shape index (κ1) is 17.8. The Morgan fingerprint density at radius 3 is 2.48 bits per heavy atom. The quantitative estimate of drug-likeness (QED) is 0.728. The van der Waals surface area contributed by atoms with Crippen molar-refractivity contribution in [1.29, 1.82) is 0 Å². The molecule has 1 amide bonds. The van der Waals surface area contributed by atoms with E-state index in [4.69, 9.17) is 0 Å². The Morgan fingerprint density at radius 1 is 0.963 bits per heavy atom. The number of para-hydroxylation sites is 1. The molecule has 1 aliphatic heterocycles. The number of nitrogens with one attached hydrogen (secondary N) is 1. The van der Waals surface area contributed by atoms with Crippen LogP contribution in [0.25, 0.3) is 0 Å². The summed E-state index contributed by atoms with van der Waals surface area (Å²) in [5.41, 5.74) is 3.05. The zero-order chi connectivity index (χ0) is 18.9. The average Bonchev–Trinajstić information content (AvgIpc) is 3.23. The van der Waals surface area contributed by atoms with E-state index in [1.54, 1.807) is 46.7 Å². The summed E-state index contributed by atoms with van der Waals surface area (Å²) in [7, 11) is -3.71. The molecule has 0 unspecified atom stereocenters. The van der Waals surface area contributed by atoms with Crippen LogP contribution < -0.4 is 4.72 Å². The Bertz CT molecular complexity index is 1080. The standard InChI is InChI=1S/C20H18N2O3S2/c23-20(22-12-11-15-6-1-2-7-16(15)14-22)17-8-3-4-9-18(17)21-27(24,25)19-10-5-13-26-19/h1-10,13,21H,11-12,14H2. The van der Waals surface area contributed by atoms with Crippen molar-refractivity contribution in [2.45, 2.75) is 17.2 Å². The minimum absolute atomic E-state index is 0.172. The largest absolute Gasteiger partial charge is 0.334 e. The monoisotopic (exact) mass is 398 g/mol. The van der Waals surface area contributed by atoms with E-state index in [-0.39, 0.29) is 10.1 Å². The Morgan fingerprint density at radius 2 is 1.70 bits per heavy atom. The molecule has 0 fully saturated rings. The first-order valence-corrected chi connectivity index (χ1v) is 10.9. The summed E-state index contributed by atoms with van der Waals surface area (Å²) in [6.07, 6.45) is 0.797. The number of benzene rings is 2. The van der Waals surface area contributed by atoms with E-state index in [2.05, 4.69) is 10.8 Å². The number of nitrogens with zero attached hydrogens (tertiary/aromatic N) is 1. The second-order valence-corrected chi connectivity index (χ2v) is 9.19. The number of carbonyl (C=O) groups excluding carboxylic acids is 1. The predicted octanol–water partition coefficient (Wildman–Crippen LogP) is 3.75. The SMILES string of the molecule is O=C(c1ccccc1NS(=O)(=O)c1cccs1)N1CCc2ccccc2C1. The van der Waals surface area contributed by atoms with Gasteiger partial charge in [0.1, 0.15) is 4.21 Å². The summed E-state index contributed by atoms with van der Waals surface area (Å²) in [4.78, 5) is 14.9. The topological polar surface area (TPSA) is 66.5 Å². The molecule has 2 aromatic carbocycles. The third-order valence-corrected chi connectivity index (χ3v) is 7.34. The molecule has 27 heavy (non-hydrogen) atoms. The third kappa shape index (κ3) is 3.61. The fraction of sp³-hybridized carbons (Fsp3) is 0.150. The Kier molecular flexibility index (Phi) is 4.72. The van der Waals surface area contributed by atoms with E-state index in [0.717, 1.165) is 23.3 Å². The van der Waals surface area contributed by atoms with E-state index in [9.17, 15) is 13.2 Å². The maximum absolute atomic E-state index is 13.1. The molecule has 1 aromatic heterocycles. The van der Waals surface area contributed by atoms with Crippen LogP contribution in [-0.4, -0.2) is 25.8 Å². The highest BCUT2D eigenvalue weighted by Gasteiger charge is 2.25. The van der Waals surface area contributed by atoms with E-state index >= 15 is 0 Å². The highest BCUT2D eigenvalue weighted by Crippen LogP contribution is 2.26. The van der Waals surface area contributed by atoms with Gasteiger partial charge in [0.15, 0.2) is 0 Å². The van der Waals surface area contributed by atoms with Gasteiger partial charge in [-0.25, -0.2) is 8.42 Å². The van der Waals surface area contributed by atoms with Gasteiger partial charge < -0.3 is 4.90 Å². The summed E-state index contributed by atoms with van der Waals surface area (Å²) >= 11 is 1.14. The number of carbonyl (C=O) groups is 1. The van der Waals surface area contributed by atoms with Crippen molar-refractivity contribution in [2.24, 2.45) is 0 Å². The lowest BCUT2D eigenvalue weighted by Gasteiger charge is -2.29. The molecular weight excluding hydrogens is 380 g/mol. The minimum atomic E-state index is -3.71. The van der Waals surface area contributed by atoms with Crippen LogP contribution in [0.5, 0.6) is 0 Å². The Balaban J connectivity index is 1.61. The Labute approximate surface area is 162 Å². The lowest BCUT2D eigenvalue weighted by molar-refractivity contribution is 0.0736. The summed E-state index contributed by atoms with van der Waals surface area (Å²) in [5.74, 6) is -0.172. The van der Waals surface area contributed by atoms with Crippen LogP contribution in [0.3, 0.4) is 0 Å². The number of sulfonamides is 1. The minimum Gasteiger partial charge on any atom is -0.334 e. The van der Waals surface area contributed by atoms with Gasteiger partial charge in [-0.2, -0.15) is 0 Å². The molecule has 0 saturated heterocycles. The number of rotatable bonds is 4. The summed E-state index contributed by atoms with van der Waals surface area (Å²) in [6, 6.07) is 18.1. The maximum Gasteiger partial charge on any atom is 0.271 e. The van der Waals surface area contributed by atoms with Gasteiger partial charge in [0, 0.05) is 13.1 Å². The van der Waals surface area contributed by atoms with Gasteiger partial charge >= 0.3 is 0 Å². The average molecular weight is 399 g/mol. The summed E-state index contributed by atoms with van der Waals surface area (Å²) < 4.78 is 27.9. The van der Waals surface area contributed by atoms with Crippen LogP contribution in [0.2, 0.25) is 0 Å². The molecule has 0 saturated carbocycles. The highest BCUT2D eigenvalue weighted by atomic mass is 32.2. The number of hydrogen-bond donors (Lipinski definition) is 1. The lowest BCUT2D eigenvalue weighted by Crippen LogP contribution is -2.36. The Hall–Kier alpha value is -2.64. The molecule has 0 aliphatic carbocycles. The molecule has 0 bridgehead atoms. The summed E-state index contributed by atoms with van der Waals surface area (Å²) in [6.45, 7) is 1.14. The molecule has 7 heteroatoms. The zero-order valence-corrected chi connectivity index (χ0v) is 16.1. The van der Waals surface area contributed by atoms with Crippen LogP contribution in [0.1, 0.15) is 21.5 Å². The fourth-order valence-electron chi connectivity index (χ4n) is 3.21. The van der Waals surface area contributed by atoms with Gasteiger partial charge in [-0.05, 0) is 41.1 Å². The molecule has 0 radical (unpaired) electrons. The second kappa shape index (κ2) is 7.17. The van der Waals surface area contributed by atoms with E-state index in [1.165, 1.54) is 5.56 Å². The summed E-state index contributed by atoms with van der Waals surface area (Å²) in [5, 5.41) is 1.71. The van der Waals surface area contributed by atoms with Gasteiger partial charge in [0.25, 0.3) is 15.9 Å². The number of fused-ring (bicyclic) bond motifs is 1. The van der Waals surface area contributed by atoms with Crippen molar-refractivity contribution < 1.29 is 13.2 Å². The van der Waals surface area contributed by atoms with Crippen molar-refractivity contribution >= 4 is 33.0 Å². The zero-order valence-electron chi connectivity index (χ0n) is 14.5. The van der Waals surface area contributed by atoms with Crippen molar-refractivity contribution in [3.8, 4) is 0 Å². The normalized spacial score (nSPS) is 13.9. The molecule has 4 rings (SSSR count). The number of amides is 1. The number of anilines is 1. The lowest BCUT2D eigenvalue weighted by atomic mass is 9.99.